The average Bonchev–Trinajstić information content (AvgIpc) is 2.65. The maximum atomic E-state index is 14.0. The predicted octanol–water partition coefficient (Wildman–Crippen LogP) is 2.39. The number of nitrogens with one attached hydrogen (secondary N) is 1. The van der Waals surface area contributed by atoms with Crippen molar-refractivity contribution in [1.29, 1.82) is 0 Å². The second-order valence-corrected chi connectivity index (χ2v) is 6.03. The molecule has 114 valence electrons. The molecule has 4 nitrogen and oxygen atoms in total. The zero-order valence-corrected chi connectivity index (χ0v) is 12.8. The van der Waals surface area contributed by atoms with Crippen molar-refractivity contribution in [1.82, 2.24) is 19.6 Å². The van der Waals surface area contributed by atoms with Gasteiger partial charge in [0.05, 0.1) is 11.4 Å². The summed E-state index contributed by atoms with van der Waals surface area (Å²) in [6.45, 7) is 9.27. The van der Waals surface area contributed by atoms with Crippen molar-refractivity contribution in [2.75, 3.05) is 26.2 Å². The standard InChI is InChI=1S/C16H23FN4/c1-12(2)15-14(11-20-8-4-6-18-7-10-20)21-9-3-5-13(17)16(21)19-15/h3,5,9,12,18H,4,6-8,10-11H2,1-2H3. The molecule has 0 aliphatic carbocycles. The number of aromatic nitrogens is 2. The van der Waals surface area contributed by atoms with E-state index in [4.69, 9.17) is 0 Å². The van der Waals surface area contributed by atoms with E-state index in [1.807, 2.05) is 10.6 Å². The molecular weight excluding hydrogens is 267 g/mol. The van der Waals surface area contributed by atoms with E-state index in [0.717, 1.165) is 50.5 Å². The van der Waals surface area contributed by atoms with Gasteiger partial charge < -0.3 is 9.72 Å². The van der Waals surface area contributed by atoms with E-state index in [1.54, 1.807) is 6.07 Å². The fourth-order valence-corrected chi connectivity index (χ4v) is 2.99. The molecule has 1 N–H and O–H groups in total. The Morgan fingerprint density at radius 2 is 2.19 bits per heavy atom. The average molecular weight is 290 g/mol. The minimum atomic E-state index is -0.247. The lowest BCUT2D eigenvalue weighted by atomic mass is 10.1. The molecule has 0 atom stereocenters. The van der Waals surface area contributed by atoms with Crippen LogP contribution in [-0.4, -0.2) is 40.5 Å². The summed E-state index contributed by atoms with van der Waals surface area (Å²) >= 11 is 0. The molecule has 0 unspecified atom stereocenters. The van der Waals surface area contributed by atoms with Crippen LogP contribution < -0.4 is 5.32 Å². The van der Waals surface area contributed by atoms with E-state index in [2.05, 4.69) is 29.0 Å². The van der Waals surface area contributed by atoms with Gasteiger partial charge in [-0.25, -0.2) is 9.37 Å². The first-order valence-electron chi connectivity index (χ1n) is 7.75. The van der Waals surface area contributed by atoms with Gasteiger partial charge in [0.15, 0.2) is 11.5 Å². The van der Waals surface area contributed by atoms with Gasteiger partial charge in [-0.3, -0.25) is 4.90 Å². The number of imidazole rings is 1. The summed E-state index contributed by atoms with van der Waals surface area (Å²) in [4.78, 5) is 6.98. The van der Waals surface area contributed by atoms with Crippen LogP contribution in [0.3, 0.4) is 0 Å². The summed E-state index contributed by atoms with van der Waals surface area (Å²) in [5.74, 6) is 0.0487. The summed E-state index contributed by atoms with van der Waals surface area (Å²) in [5, 5.41) is 3.42. The number of halogens is 1. The second-order valence-electron chi connectivity index (χ2n) is 6.03. The van der Waals surface area contributed by atoms with Gasteiger partial charge in [0, 0.05) is 25.8 Å². The lowest BCUT2D eigenvalue weighted by molar-refractivity contribution is 0.279. The molecule has 21 heavy (non-hydrogen) atoms. The highest BCUT2D eigenvalue weighted by Crippen LogP contribution is 2.23. The second kappa shape index (κ2) is 6.12. The molecule has 3 rings (SSSR count). The Hall–Kier alpha value is -1.46. The molecule has 1 saturated heterocycles. The van der Waals surface area contributed by atoms with Gasteiger partial charge in [-0.05, 0) is 37.6 Å². The molecular formula is C16H23FN4. The van der Waals surface area contributed by atoms with Crippen LogP contribution in [0.5, 0.6) is 0 Å². The third kappa shape index (κ3) is 2.94. The molecule has 0 aromatic carbocycles. The maximum absolute atomic E-state index is 14.0. The summed E-state index contributed by atoms with van der Waals surface area (Å²) in [5.41, 5.74) is 2.59. The van der Waals surface area contributed by atoms with Crippen LogP contribution in [0.1, 0.15) is 37.6 Å². The minimum Gasteiger partial charge on any atom is -0.315 e. The van der Waals surface area contributed by atoms with E-state index in [1.165, 1.54) is 6.07 Å². The summed E-state index contributed by atoms with van der Waals surface area (Å²) in [6, 6.07) is 3.23. The number of pyridine rings is 1. The molecule has 1 aliphatic heterocycles. The van der Waals surface area contributed by atoms with Crippen LogP contribution in [-0.2, 0) is 6.54 Å². The molecule has 1 aliphatic rings. The Balaban J connectivity index is 1.98. The number of hydrogen-bond donors (Lipinski definition) is 1. The van der Waals surface area contributed by atoms with Crippen LogP contribution in [0.2, 0.25) is 0 Å². The fourth-order valence-electron chi connectivity index (χ4n) is 2.99. The van der Waals surface area contributed by atoms with Gasteiger partial charge in [-0.2, -0.15) is 0 Å². The molecule has 1 fully saturated rings. The fraction of sp³-hybridized carbons (Fsp3) is 0.562. The van der Waals surface area contributed by atoms with Crippen LogP contribution in [0.25, 0.3) is 5.65 Å². The SMILES string of the molecule is CC(C)c1nc2c(F)cccn2c1CN1CCCNCC1. The molecule has 0 saturated carbocycles. The normalized spacial score (nSPS) is 17.5. The van der Waals surface area contributed by atoms with E-state index >= 15 is 0 Å². The lowest BCUT2D eigenvalue weighted by Crippen LogP contribution is -2.28. The summed E-state index contributed by atoms with van der Waals surface area (Å²) < 4.78 is 15.9. The van der Waals surface area contributed by atoms with Crippen molar-refractivity contribution >= 4 is 5.65 Å². The summed E-state index contributed by atoms with van der Waals surface area (Å²) in [6.07, 6.45) is 3.07. The lowest BCUT2D eigenvalue weighted by Gasteiger charge is -2.20. The van der Waals surface area contributed by atoms with Crippen molar-refractivity contribution in [3.63, 3.8) is 0 Å². The zero-order chi connectivity index (χ0) is 14.8. The van der Waals surface area contributed by atoms with E-state index in [9.17, 15) is 4.39 Å². The van der Waals surface area contributed by atoms with Crippen molar-refractivity contribution in [2.45, 2.75) is 32.7 Å². The van der Waals surface area contributed by atoms with Crippen molar-refractivity contribution in [3.05, 3.63) is 35.5 Å². The third-order valence-corrected chi connectivity index (χ3v) is 4.09. The van der Waals surface area contributed by atoms with Crippen LogP contribution in [0.4, 0.5) is 4.39 Å². The smallest absolute Gasteiger partial charge is 0.173 e. The molecule has 2 aromatic heterocycles. The predicted molar refractivity (Wildman–Crippen MR) is 82.0 cm³/mol. The van der Waals surface area contributed by atoms with Crippen molar-refractivity contribution < 1.29 is 4.39 Å². The monoisotopic (exact) mass is 290 g/mol. The van der Waals surface area contributed by atoms with E-state index < -0.39 is 0 Å². The van der Waals surface area contributed by atoms with Crippen molar-refractivity contribution in [3.8, 4) is 0 Å². The largest absolute Gasteiger partial charge is 0.315 e. The van der Waals surface area contributed by atoms with Gasteiger partial charge in [-0.15, -0.1) is 0 Å². The Bertz CT molecular complexity index is 612. The minimum absolute atomic E-state index is 0.247. The Morgan fingerprint density at radius 3 is 3.00 bits per heavy atom. The van der Waals surface area contributed by atoms with Gasteiger partial charge in [0.2, 0.25) is 0 Å². The summed E-state index contributed by atoms with van der Waals surface area (Å²) in [7, 11) is 0. The number of hydrogen-bond acceptors (Lipinski definition) is 3. The zero-order valence-electron chi connectivity index (χ0n) is 12.8. The van der Waals surface area contributed by atoms with Crippen LogP contribution in [0, 0.1) is 5.82 Å². The highest BCUT2D eigenvalue weighted by atomic mass is 19.1. The highest BCUT2D eigenvalue weighted by Gasteiger charge is 2.19. The van der Waals surface area contributed by atoms with Crippen molar-refractivity contribution in [2.24, 2.45) is 0 Å². The van der Waals surface area contributed by atoms with Crippen LogP contribution >= 0.6 is 0 Å². The quantitative estimate of drug-likeness (QED) is 0.942. The van der Waals surface area contributed by atoms with E-state index in [-0.39, 0.29) is 5.82 Å². The number of nitrogens with zero attached hydrogens (tertiary/aromatic N) is 3. The Labute approximate surface area is 125 Å². The third-order valence-electron chi connectivity index (χ3n) is 4.09. The Morgan fingerprint density at radius 1 is 1.33 bits per heavy atom. The first-order chi connectivity index (χ1) is 10.2. The molecule has 0 amide bonds. The number of rotatable bonds is 3. The number of fused-ring (bicyclic) bond motifs is 1. The molecule has 0 spiro atoms. The van der Waals surface area contributed by atoms with Gasteiger partial charge in [0.1, 0.15) is 0 Å². The first kappa shape index (κ1) is 14.5. The molecule has 0 radical (unpaired) electrons. The van der Waals surface area contributed by atoms with Gasteiger partial charge in [-0.1, -0.05) is 13.8 Å². The van der Waals surface area contributed by atoms with Gasteiger partial charge in [0.25, 0.3) is 0 Å². The van der Waals surface area contributed by atoms with E-state index in [0.29, 0.717) is 11.6 Å². The highest BCUT2D eigenvalue weighted by molar-refractivity contribution is 5.45. The van der Waals surface area contributed by atoms with Crippen LogP contribution in [0.15, 0.2) is 18.3 Å². The Kier molecular flexibility index (Phi) is 4.22. The molecule has 2 aromatic rings. The molecule has 3 heterocycles. The molecule has 0 bridgehead atoms. The van der Waals surface area contributed by atoms with Gasteiger partial charge >= 0.3 is 0 Å². The molecule has 5 heteroatoms. The topological polar surface area (TPSA) is 32.6 Å². The first-order valence-corrected chi connectivity index (χ1v) is 7.75. The maximum Gasteiger partial charge on any atom is 0.173 e.